The second-order valence-corrected chi connectivity index (χ2v) is 5.62. The van der Waals surface area contributed by atoms with E-state index in [1.165, 1.54) is 7.11 Å². The molecule has 0 spiro atoms. The highest BCUT2D eigenvalue weighted by atomic mass is 16.5. The van der Waals surface area contributed by atoms with Gasteiger partial charge in [-0.2, -0.15) is 0 Å². The number of hydrogen-bond donors (Lipinski definition) is 0. The van der Waals surface area contributed by atoms with Gasteiger partial charge in [-0.25, -0.2) is 0 Å². The lowest BCUT2D eigenvalue weighted by Crippen LogP contribution is -1.99. The summed E-state index contributed by atoms with van der Waals surface area (Å²) in [6, 6.07) is 23.0. The van der Waals surface area contributed by atoms with E-state index >= 15 is 0 Å². The molecule has 0 unspecified atom stereocenters. The molecule has 0 fully saturated rings. The van der Waals surface area contributed by atoms with E-state index in [9.17, 15) is 5.39 Å². The molecule has 26 heavy (non-hydrogen) atoms. The Bertz CT molecular complexity index is 890. The summed E-state index contributed by atoms with van der Waals surface area (Å²) in [6.07, 6.45) is 0. The number of hydrogen-bond acceptors (Lipinski definition) is 4. The normalized spacial score (nSPS) is 10.0. The molecule has 0 saturated heterocycles. The van der Waals surface area contributed by atoms with Crippen LogP contribution >= 0.6 is 0 Å². The second-order valence-electron chi connectivity index (χ2n) is 5.62. The SMILES string of the molecule is COc1cc(OCc2ccccc2)cc(OCc2ccccc2)c1[N+]#N. The Labute approximate surface area is 152 Å². The smallest absolute Gasteiger partial charge is 0.467 e. The van der Waals surface area contributed by atoms with Crippen LogP contribution in [0.4, 0.5) is 5.69 Å². The average Bonchev–Trinajstić information content (AvgIpc) is 2.71. The number of methoxy groups -OCH3 is 1. The molecule has 0 aliphatic carbocycles. The molecule has 0 N–H and O–H groups in total. The van der Waals surface area contributed by atoms with Gasteiger partial charge in [-0.3, -0.25) is 0 Å². The lowest BCUT2D eigenvalue weighted by Gasteiger charge is -2.10. The highest BCUT2D eigenvalue weighted by Gasteiger charge is 2.25. The van der Waals surface area contributed by atoms with E-state index in [0.717, 1.165) is 11.1 Å². The van der Waals surface area contributed by atoms with Crippen LogP contribution in [-0.4, -0.2) is 7.11 Å². The van der Waals surface area contributed by atoms with Crippen LogP contribution in [0.2, 0.25) is 0 Å². The Morgan fingerprint density at radius 3 is 1.85 bits per heavy atom. The minimum Gasteiger partial charge on any atom is -0.489 e. The molecule has 0 aromatic heterocycles. The summed E-state index contributed by atoms with van der Waals surface area (Å²) in [5, 5.41) is 9.35. The summed E-state index contributed by atoms with van der Waals surface area (Å²) in [6.45, 7) is 0.756. The first-order valence-electron chi connectivity index (χ1n) is 8.20. The average molecular weight is 347 g/mol. The molecular formula is C21H19N2O3+. The summed E-state index contributed by atoms with van der Waals surface area (Å²) in [4.78, 5) is 3.31. The van der Waals surface area contributed by atoms with Crippen molar-refractivity contribution >= 4 is 5.69 Å². The number of benzene rings is 3. The van der Waals surface area contributed by atoms with E-state index in [1.54, 1.807) is 12.1 Å². The summed E-state index contributed by atoms with van der Waals surface area (Å²) in [5.74, 6) is 1.33. The van der Waals surface area contributed by atoms with Crippen molar-refractivity contribution in [3.8, 4) is 17.2 Å². The second kappa shape index (κ2) is 8.54. The minimum atomic E-state index is 0.232. The van der Waals surface area contributed by atoms with Gasteiger partial charge in [0.25, 0.3) is 0 Å². The summed E-state index contributed by atoms with van der Waals surface area (Å²) < 4.78 is 17.0. The van der Waals surface area contributed by atoms with Crippen LogP contribution in [0.1, 0.15) is 11.1 Å². The van der Waals surface area contributed by atoms with E-state index < -0.39 is 0 Å². The fraction of sp³-hybridized carbons (Fsp3) is 0.143. The number of rotatable bonds is 7. The maximum atomic E-state index is 9.35. The molecule has 0 saturated carbocycles. The van der Waals surface area contributed by atoms with Crippen molar-refractivity contribution in [1.29, 1.82) is 5.39 Å². The fourth-order valence-corrected chi connectivity index (χ4v) is 2.48. The van der Waals surface area contributed by atoms with Crippen LogP contribution < -0.4 is 14.2 Å². The van der Waals surface area contributed by atoms with Crippen molar-refractivity contribution in [3.05, 3.63) is 88.9 Å². The summed E-state index contributed by atoms with van der Waals surface area (Å²) in [5.41, 5.74) is 2.29. The van der Waals surface area contributed by atoms with Gasteiger partial charge in [-0.1, -0.05) is 60.7 Å². The maximum absolute atomic E-state index is 9.35. The van der Waals surface area contributed by atoms with Crippen molar-refractivity contribution in [3.63, 3.8) is 0 Å². The van der Waals surface area contributed by atoms with E-state index in [-0.39, 0.29) is 5.69 Å². The van der Waals surface area contributed by atoms with E-state index in [1.807, 2.05) is 60.7 Å². The van der Waals surface area contributed by atoms with E-state index in [0.29, 0.717) is 30.5 Å². The first-order valence-corrected chi connectivity index (χ1v) is 8.20. The molecule has 0 aliphatic heterocycles. The van der Waals surface area contributed by atoms with Gasteiger partial charge in [0, 0.05) is 12.1 Å². The zero-order valence-corrected chi connectivity index (χ0v) is 14.5. The predicted octanol–water partition coefficient (Wildman–Crippen LogP) is 5.34. The molecular weight excluding hydrogens is 328 g/mol. The fourth-order valence-electron chi connectivity index (χ4n) is 2.48. The Kier molecular flexibility index (Phi) is 5.69. The third kappa shape index (κ3) is 4.31. The van der Waals surface area contributed by atoms with Crippen LogP contribution in [0.15, 0.2) is 72.8 Å². The highest BCUT2D eigenvalue weighted by Crippen LogP contribution is 2.41. The highest BCUT2D eigenvalue weighted by molar-refractivity contribution is 5.69. The minimum absolute atomic E-state index is 0.232. The van der Waals surface area contributed by atoms with Gasteiger partial charge in [0.2, 0.25) is 16.9 Å². The molecule has 0 radical (unpaired) electrons. The molecule has 3 rings (SSSR count). The van der Waals surface area contributed by atoms with Crippen molar-refractivity contribution in [2.24, 2.45) is 0 Å². The van der Waals surface area contributed by atoms with Crippen LogP contribution in [-0.2, 0) is 13.2 Å². The lowest BCUT2D eigenvalue weighted by atomic mass is 10.2. The number of diazo groups is 1. The Morgan fingerprint density at radius 1 is 0.769 bits per heavy atom. The molecule has 0 bridgehead atoms. The molecule has 0 amide bonds. The molecule has 0 aliphatic rings. The molecule has 0 atom stereocenters. The largest absolute Gasteiger partial charge is 0.489 e. The first kappa shape index (κ1) is 17.3. The Morgan fingerprint density at radius 2 is 1.31 bits per heavy atom. The molecule has 0 heterocycles. The number of nitrogens with zero attached hydrogens (tertiary/aromatic N) is 2. The van der Waals surface area contributed by atoms with Crippen LogP contribution in [0.3, 0.4) is 0 Å². The van der Waals surface area contributed by atoms with Crippen LogP contribution in [0.25, 0.3) is 4.98 Å². The van der Waals surface area contributed by atoms with Gasteiger partial charge in [-0.15, -0.1) is 0 Å². The summed E-state index contributed by atoms with van der Waals surface area (Å²) >= 11 is 0. The zero-order chi connectivity index (χ0) is 18.2. The lowest BCUT2D eigenvalue weighted by molar-refractivity contribution is 0.287. The quantitative estimate of drug-likeness (QED) is 0.542. The maximum Gasteiger partial charge on any atom is 0.467 e. The molecule has 3 aromatic rings. The third-order valence-corrected chi connectivity index (χ3v) is 3.82. The number of ether oxygens (including phenoxy) is 3. The Balaban J connectivity index is 1.80. The predicted molar refractivity (Wildman–Crippen MR) is 99.3 cm³/mol. The topological polar surface area (TPSA) is 55.8 Å². The van der Waals surface area contributed by atoms with Crippen molar-refractivity contribution in [2.75, 3.05) is 7.11 Å². The van der Waals surface area contributed by atoms with Gasteiger partial charge in [0.05, 0.1) is 7.11 Å². The van der Waals surface area contributed by atoms with Crippen molar-refractivity contribution in [1.82, 2.24) is 0 Å². The van der Waals surface area contributed by atoms with Gasteiger partial charge in [-0.05, 0) is 11.1 Å². The van der Waals surface area contributed by atoms with Crippen molar-refractivity contribution < 1.29 is 14.2 Å². The Hall–Kier alpha value is -3.52. The van der Waals surface area contributed by atoms with Crippen molar-refractivity contribution in [2.45, 2.75) is 13.2 Å². The van der Waals surface area contributed by atoms with E-state index in [4.69, 9.17) is 14.2 Å². The summed E-state index contributed by atoms with van der Waals surface area (Å²) in [7, 11) is 1.51. The van der Waals surface area contributed by atoms with E-state index in [2.05, 4.69) is 4.98 Å². The van der Waals surface area contributed by atoms with Gasteiger partial charge in [0.1, 0.15) is 19.0 Å². The van der Waals surface area contributed by atoms with Gasteiger partial charge >= 0.3 is 5.69 Å². The molecule has 5 heteroatoms. The van der Waals surface area contributed by atoms with Gasteiger partial charge in [0.15, 0.2) is 4.98 Å². The zero-order valence-electron chi connectivity index (χ0n) is 14.5. The molecule has 3 aromatic carbocycles. The third-order valence-electron chi connectivity index (χ3n) is 3.82. The van der Waals surface area contributed by atoms with Crippen LogP contribution in [0, 0.1) is 5.39 Å². The van der Waals surface area contributed by atoms with Gasteiger partial charge < -0.3 is 14.2 Å². The standard InChI is InChI=1S/C21H19N2O3/c1-24-19-12-18(25-14-16-8-4-2-5-9-16)13-20(21(19)23-22)26-15-17-10-6-3-7-11-17/h2-13H,14-15H2,1H3/q+1. The van der Waals surface area contributed by atoms with Crippen LogP contribution in [0.5, 0.6) is 17.2 Å². The molecule has 5 nitrogen and oxygen atoms in total. The monoisotopic (exact) mass is 347 g/mol. The molecule has 130 valence electrons. The first-order chi connectivity index (χ1) is 12.8.